The second kappa shape index (κ2) is 1.54. The molecule has 4 fully saturated rings. The summed E-state index contributed by atoms with van der Waals surface area (Å²) < 4.78 is 0. The standard InChI is InChI=1S/C12H16/c1-12-5-3-2-4-7-9(12)6-8-10(7)11(8)12/h2-3,7-11H,4-6H2,1H3/t7-,8+,9-,10-,11+,12+/m0/s1. The minimum atomic E-state index is 0.757. The van der Waals surface area contributed by atoms with Crippen molar-refractivity contribution < 1.29 is 0 Å². The minimum Gasteiger partial charge on any atom is -0.0882 e. The Balaban J connectivity index is 1.90. The predicted molar refractivity (Wildman–Crippen MR) is 48.5 cm³/mol. The van der Waals surface area contributed by atoms with Gasteiger partial charge >= 0.3 is 0 Å². The molecule has 0 spiro atoms. The number of hydrogen-bond acceptors (Lipinski definition) is 0. The van der Waals surface area contributed by atoms with Crippen LogP contribution in [0.4, 0.5) is 0 Å². The van der Waals surface area contributed by atoms with E-state index in [2.05, 4.69) is 19.1 Å². The molecule has 0 radical (unpaired) electrons. The molecule has 0 nitrogen and oxygen atoms in total. The first-order valence-electron chi connectivity index (χ1n) is 5.47. The van der Waals surface area contributed by atoms with Gasteiger partial charge in [-0.05, 0) is 54.3 Å². The van der Waals surface area contributed by atoms with Crippen LogP contribution in [0.15, 0.2) is 12.2 Å². The fraction of sp³-hybridized carbons (Fsp3) is 0.833. The molecule has 5 aliphatic rings. The van der Waals surface area contributed by atoms with E-state index in [9.17, 15) is 0 Å². The van der Waals surface area contributed by atoms with Crippen molar-refractivity contribution in [1.82, 2.24) is 0 Å². The highest BCUT2D eigenvalue weighted by atomic mass is 14.8. The summed E-state index contributed by atoms with van der Waals surface area (Å²) in [5.74, 6) is 5.77. The maximum Gasteiger partial charge on any atom is -0.0226 e. The first-order chi connectivity index (χ1) is 5.82. The lowest BCUT2D eigenvalue weighted by molar-refractivity contribution is 0.214. The van der Waals surface area contributed by atoms with Crippen molar-refractivity contribution in [2.24, 2.45) is 35.0 Å². The Labute approximate surface area is 74.0 Å². The Kier molecular flexibility index (Phi) is 0.799. The molecule has 0 aromatic rings. The average Bonchev–Trinajstić information content (AvgIpc) is 2.50. The van der Waals surface area contributed by atoms with Gasteiger partial charge in [0.05, 0.1) is 0 Å². The quantitative estimate of drug-likeness (QED) is 0.478. The molecule has 0 N–H and O–H groups in total. The van der Waals surface area contributed by atoms with Crippen molar-refractivity contribution in [1.29, 1.82) is 0 Å². The van der Waals surface area contributed by atoms with Gasteiger partial charge in [0.1, 0.15) is 0 Å². The Hall–Kier alpha value is -0.260. The number of allylic oxidation sites excluding steroid dienone is 2. The molecule has 0 aromatic carbocycles. The Bertz CT molecular complexity index is 278. The second-order valence-corrected chi connectivity index (χ2v) is 5.69. The zero-order valence-electron chi connectivity index (χ0n) is 7.66. The van der Waals surface area contributed by atoms with Gasteiger partial charge in [-0.3, -0.25) is 0 Å². The molecule has 0 heterocycles. The fourth-order valence-electron chi connectivity index (χ4n) is 5.16. The van der Waals surface area contributed by atoms with Crippen molar-refractivity contribution in [2.75, 3.05) is 0 Å². The maximum absolute atomic E-state index is 2.57. The van der Waals surface area contributed by atoms with Crippen LogP contribution in [0.2, 0.25) is 0 Å². The first-order valence-corrected chi connectivity index (χ1v) is 5.47. The molecule has 4 saturated carbocycles. The van der Waals surface area contributed by atoms with E-state index < -0.39 is 0 Å². The van der Waals surface area contributed by atoms with Crippen LogP contribution in [-0.2, 0) is 0 Å². The largest absolute Gasteiger partial charge is 0.0882 e. The summed E-state index contributed by atoms with van der Waals surface area (Å²) in [6.07, 6.45) is 9.33. The van der Waals surface area contributed by atoms with E-state index in [1.54, 1.807) is 6.42 Å². The maximum atomic E-state index is 2.57. The highest BCUT2D eigenvalue weighted by molar-refractivity contribution is 5.27. The average molecular weight is 160 g/mol. The fourth-order valence-corrected chi connectivity index (χ4v) is 5.16. The van der Waals surface area contributed by atoms with Gasteiger partial charge in [0, 0.05) is 0 Å². The van der Waals surface area contributed by atoms with Crippen LogP contribution in [-0.4, -0.2) is 0 Å². The lowest BCUT2D eigenvalue weighted by Gasteiger charge is -2.28. The highest BCUT2D eigenvalue weighted by Crippen LogP contribution is 2.82. The third-order valence-electron chi connectivity index (χ3n) is 5.51. The van der Waals surface area contributed by atoms with Gasteiger partial charge in [0.15, 0.2) is 0 Å². The molecule has 64 valence electrons. The molecule has 6 bridgehead atoms. The molecule has 0 unspecified atom stereocenters. The molecule has 0 amide bonds. The SMILES string of the molecule is C[C@@]12CC=CC[C@@H]3[C@H]4[C@@H](C[C@@H]31)[C@H]42. The monoisotopic (exact) mass is 160 g/mol. The van der Waals surface area contributed by atoms with E-state index in [1.165, 1.54) is 24.7 Å². The van der Waals surface area contributed by atoms with Gasteiger partial charge in [-0.15, -0.1) is 0 Å². The van der Waals surface area contributed by atoms with Gasteiger partial charge in [0.25, 0.3) is 0 Å². The van der Waals surface area contributed by atoms with Crippen LogP contribution in [0.25, 0.3) is 0 Å². The topological polar surface area (TPSA) is 0 Å². The van der Waals surface area contributed by atoms with Crippen LogP contribution in [0.3, 0.4) is 0 Å². The third kappa shape index (κ3) is 0.427. The molecule has 6 atom stereocenters. The van der Waals surface area contributed by atoms with Gasteiger partial charge in [-0.1, -0.05) is 19.1 Å². The molecule has 0 saturated heterocycles. The Morgan fingerprint density at radius 1 is 1.25 bits per heavy atom. The molecule has 0 aliphatic heterocycles. The molecular weight excluding hydrogens is 144 g/mol. The van der Waals surface area contributed by atoms with E-state index in [4.69, 9.17) is 0 Å². The Morgan fingerprint density at radius 2 is 2.17 bits per heavy atom. The number of hydrogen-bond donors (Lipinski definition) is 0. The highest BCUT2D eigenvalue weighted by Gasteiger charge is 2.77. The smallest absolute Gasteiger partial charge is 0.0226 e. The molecule has 0 aromatic heterocycles. The van der Waals surface area contributed by atoms with Crippen molar-refractivity contribution >= 4 is 0 Å². The van der Waals surface area contributed by atoms with Crippen LogP contribution < -0.4 is 0 Å². The lowest BCUT2D eigenvalue weighted by atomic mass is 9.76. The molecule has 5 aliphatic carbocycles. The summed E-state index contributed by atoms with van der Waals surface area (Å²) in [6.45, 7) is 2.57. The van der Waals surface area contributed by atoms with Crippen molar-refractivity contribution in [3.63, 3.8) is 0 Å². The van der Waals surface area contributed by atoms with Crippen LogP contribution >= 0.6 is 0 Å². The predicted octanol–water partition coefficient (Wildman–Crippen LogP) is 2.85. The zero-order chi connectivity index (χ0) is 7.92. The molecule has 12 heavy (non-hydrogen) atoms. The molecule has 5 rings (SSSR count). The summed E-state index contributed by atoms with van der Waals surface area (Å²) in [4.78, 5) is 0. The second-order valence-electron chi connectivity index (χ2n) is 5.69. The molecule has 0 heteroatoms. The van der Waals surface area contributed by atoms with Crippen LogP contribution in [0, 0.1) is 35.0 Å². The zero-order valence-corrected chi connectivity index (χ0v) is 7.66. The summed E-state index contributed by atoms with van der Waals surface area (Å²) >= 11 is 0. The summed E-state index contributed by atoms with van der Waals surface area (Å²) in [5, 5.41) is 0. The third-order valence-corrected chi connectivity index (χ3v) is 5.51. The first kappa shape index (κ1) is 6.23. The van der Waals surface area contributed by atoms with Crippen molar-refractivity contribution in [3.05, 3.63) is 12.2 Å². The van der Waals surface area contributed by atoms with E-state index >= 15 is 0 Å². The summed E-state index contributed by atoms with van der Waals surface area (Å²) in [6, 6.07) is 0. The van der Waals surface area contributed by atoms with Crippen molar-refractivity contribution in [3.8, 4) is 0 Å². The summed E-state index contributed by atoms with van der Waals surface area (Å²) in [5.41, 5.74) is 0.757. The normalized spacial score (nSPS) is 69.9. The van der Waals surface area contributed by atoms with E-state index in [1.807, 2.05) is 0 Å². The van der Waals surface area contributed by atoms with E-state index in [0.717, 1.165) is 23.2 Å². The molecular formula is C12H16. The summed E-state index contributed by atoms with van der Waals surface area (Å²) in [7, 11) is 0. The van der Waals surface area contributed by atoms with E-state index in [0.29, 0.717) is 0 Å². The van der Waals surface area contributed by atoms with Crippen LogP contribution in [0.1, 0.15) is 26.2 Å². The minimum absolute atomic E-state index is 0.757. The Morgan fingerprint density at radius 3 is 3.00 bits per heavy atom. The van der Waals surface area contributed by atoms with Gasteiger partial charge in [-0.2, -0.15) is 0 Å². The lowest BCUT2D eigenvalue weighted by Crippen LogP contribution is -2.21. The van der Waals surface area contributed by atoms with E-state index in [-0.39, 0.29) is 0 Å². The van der Waals surface area contributed by atoms with Gasteiger partial charge in [0.2, 0.25) is 0 Å². The van der Waals surface area contributed by atoms with Gasteiger partial charge in [-0.25, -0.2) is 0 Å². The van der Waals surface area contributed by atoms with Crippen LogP contribution in [0.5, 0.6) is 0 Å². The van der Waals surface area contributed by atoms with Crippen molar-refractivity contribution in [2.45, 2.75) is 26.2 Å². The van der Waals surface area contributed by atoms with Gasteiger partial charge < -0.3 is 0 Å². The number of rotatable bonds is 0.